The van der Waals surface area contributed by atoms with Crippen molar-refractivity contribution in [3.05, 3.63) is 51.7 Å². The number of likely N-dealkylation sites (N-methyl/N-ethyl adjacent to an activating group) is 1. The molecule has 1 aromatic carbocycles. The van der Waals surface area contributed by atoms with Crippen LogP contribution in [0.2, 0.25) is 0 Å². The number of rotatable bonds is 5. The van der Waals surface area contributed by atoms with Crippen molar-refractivity contribution in [1.29, 1.82) is 0 Å². The summed E-state index contributed by atoms with van der Waals surface area (Å²) in [5.74, 6) is -0.0276. The summed E-state index contributed by atoms with van der Waals surface area (Å²) in [5, 5.41) is 5.01. The highest BCUT2D eigenvalue weighted by Gasteiger charge is 2.15. The number of benzene rings is 1. The third-order valence-corrected chi connectivity index (χ3v) is 3.98. The second-order valence-electron chi connectivity index (χ2n) is 4.17. The smallest absolute Gasteiger partial charge is 0.129 e. The van der Waals surface area contributed by atoms with Crippen LogP contribution in [0.1, 0.15) is 16.5 Å². The molecule has 102 valence electrons. The molecule has 2 rings (SSSR count). The molecular formula is C14H15F2NOS. The molecular weight excluding hydrogens is 268 g/mol. The van der Waals surface area contributed by atoms with Crippen molar-refractivity contribution >= 4 is 11.3 Å². The monoisotopic (exact) mass is 283 g/mol. The van der Waals surface area contributed by atoms with Crippen molar-refractivity contribution in [2.45, 2.75) is 12.5 Å². The van der Waals surface area contributed by atoms with Gasteiger partial charge in [-0.3, -0.25) is 0 Å². The number of thiophene rings is 1. The van der Waals surface area contributed by atoms with Crippen LogP contribution in [0, 0.1) is 11.6 Å². The molecule has 1 atom stereocenters. The molecule has 0 spiro atoms. The maximum absolute atomic E-state index is 13.6. The van der Waals surface area contributed by atoms with Crippen LogP contribution < -0.4 is 10.1 Å². The van der Waals surface area contributed by atoms with E-state index in [-0.39, 0.29) is 11.9 Å². The van der Waals surface area contributed by atoms with Gasteiger partial charge in [0.25, 0.3) is 0 Å². The Morgan fingerprint density at radius 2 is 2.11 bits per heavy atom. The van der Waals surface area contributed by atoms with Crippen LogP contribution in [-0.4, -0.2) is 14.2 Å². The summed E-state index contributed by atoms with van der Waals surface area (Å²) in [6.07, 6.45) is 0.393. The first kappa shape index (κ1) is 14.0. The van der Waals surface area contributed by atoms with Gasteiger partial charge in [-0.25, -0.2) is 8.78 Å². The minimum atomic E-state index is -0.421. The van der Waals surface area contributed by atoms with E-state index in [1.54, 1.807) is 14.2 Å². The fourth-order valence-electron chi connectivity index (χ4n) is 1.89. The molecule has 1 heterocycles. The summed E-state index contributed by atoms with van der Waals surface area (Å²) < 4.78 is 31.9. The van der Waals surface area contributed by atoms with E-state index >= 15 is 0 Å². The van der Waals surface area contributed by atoms with Gasteiger partial charge in [0.2, 0.25) is 0 Å². The fourth-order valence-corrected chi connectivity index (χ4v) is 2.85. The second-order valence-corrected chi connectivity index (χ2v) is 5.11. The van der Waals surface area contributed by atoms with Gasteiger partial charge in [0.1, 0.15) is 17.4 Å². The van der Waals surface area contributed by atoms with Gasteiger partial charge in [0.05, 0.1) is 7.11 Å². The summed E-state index contributed by atoms with van der Waals surface area (Å²) in [7, 11) is 3.40. The molecule has 1 unspecified atom stereocenters. The van der Waals surface area contributed by atoms with Gasteiger partial charge in [-0.15, -0.1) is 11.3 Å². The van der Waals surface area contributed by atoms with Crippen molar-refractivity contribution in [3.8, 4) is 5.75 Å². The molecule has 0 fully saturated rings. The molecule has 2 nitrogen and oxygen atoms in total. The molecule has 1 aromatic heterocycles. The third-order valence-electron chi connectivity index (χ3n) is 2.96. The topological polar surface area (TPSA) is 21.3 Å². The van der Waals surface area contributed by atoms with Gasteiger partial charge in [-0.05, 0) is 43.3 Å². The molecule has 0 saturated heterocycles. The Hall–Kier alpha value is -1.46. The largest absolute Gasteiger partial charge is 0.496 e. The Morgan fingerprint density at radius 1 is 1.32 bits per heavy atom. The van der Waals surface area contributed by atoms with E-state index in [9.17, 15) is 8.78 Å². The Balaban J connectivity index is 2.21. The Morgan fingerprint density at radius 3 is 2.74 bits per heavy atom. The lowest BCUT2D eigenvalue weighted by molar-refractivity contribution is 0.416. The summed E-state index contributed by atoms with van der Waals surface area (Å²) in [5.41, 5.74) is 0.367. The van der Waals surface area contributed by atoms with Crippen LogP contribution in [0.4, 0.5) is 8.78 Å². The number of hydrogen-bond donors (Lipinski definition) is 1. The maximum atomic E-state index is 13.6. The Bertz CT molecular complexity index is 556. The van der Waals surface area contributed by atoms with Crippen LogP contribution in [-0.2, 0) is 6.42 Å². The second kappa shape index (κ2) is 6.12. The summed E-state index contributed by atoms with van der Waals surface area (Å²) in [6.45, 7) is 0. The van der Waals surface area contributed by atoms with Crippen molar-refractivity contribution < 1.29 is 13.5 Å². The lowest BCUT2D eigenvalue weighted by Crippen LogP contribution is -2.18. The predicted molar refractivity (Wildman–Crippen MR) is 72.7 cm³/mol. The minimum absolute atomic E-state index is 0.0646. The quantitative estimate of drug-likeness (QED) is 0.906. The van der Waals surface area contributed by atoms with E-state index in [1.807, 2.05) is 11.4 Å². The highest BCUT2D eigenvalue weighted by molar-refractivity contribution is 7.10. The number of ether oxygens (including phenoxy) is 1. The van der Waals surface area contributed by atoms with Crippen LogP contribution in [0.25, 0.3) is 0 Å². The summed E-state index contributed by atoms with van der Waals surface area (Å²) in [6, 6.07) is 5.37. The predicted octanol–water partition coefficient (Wildman–Crippen LogP) is 3.54. The van der Waals surface area contributed by atoms with Crippen LogP contribution >= 0.6 is 11.3 Å². The standard InChI is InChI=1S/C14H15F2NOS/c1-17-13(14-7-11(18-2)8-19-14)6-9-5-10(15)3-4-12(9)16/h3-5,7-8,13,17H,6H2,1-2H3. The molecule has 0 amide bonds. The first-order chi connectivity index (χ1) is 9.13. The minimum Gasteiger partial charge on any atom is -0.496 e. The van der Waals surface area contributed by atoms with Gasteiger partial charge in [0.15, 0.2) is 0 Å². The zero-order chi connectivity index (χ0) is 13.8. The zero-order valence-corrected chi connectivity index (χ0v) is 11.6. The third kappa shape index (κ3) is 3.30. The van der Waals surface area contributed by atoms with Gasteiger partial charge in [0, 0.05) is 16.3 Å². The van der Waals surface area contributed by atoms with E-state index in [0.717, 1.165) is 22.8 Å². The lowest BCUT2D eigenvalue weighted by atomic mass is 10.0. The van der Waals surface area contributed by atoms with Gasteiger partial charge in [-0.2, -0.15) is 0 Å². The van der Waals surface area contributed by atoms with Crippen molar-refractivity contribution in [1.82, 2.24) is 5.32 Å². The number of methoxy groups -OCH3 is 1. The number of halogens is 2. The number of hydrogen-bond acceptors (Lipinski definition) is 3. The lowest BCUT2D eigenvalue weighted by Gasteiger charge is -2.15. The highest BCUT2D eigenvalue weighted by Crippen LogP contribution is 2.29. The fraction of sp³-hybridized carbons (Fsp3) is 0.286. The molecule has 19 heavy (non-hydrogen) atoms. The van der Waals surface area contributed by atoms with Gasteiger partial charge < -0.3 is 10.1 Å². The van der Waals surface area contributed by atoms with E-state index < -0.39 is 5.82 Å². The molecule has 0 bridgehead atoms. The first-order valence-corrected chi connectivity index (χ1v) is 6.75. The van der Waals surface area contributed by atoms with Crippen molar-refractivity contribution in [3.63, 3.8) is 0 Å². The van der Waals surface area contributed by atoms with E-state index in [0.29, 0.717) is 12.0 Å². The molecule has 0 radical (unpaired) electrons. The van der Waals surface area contributed by atoms with Crippen molar-refractivity contribution in [2.75, 3.05) is 14.2 Å². The maximum Gasteiger partial charge on any atom is 0.129 e. The van der Waals surface area contributed by atoms with Gasteiger partial charge >= 0.3 is 0 Å². The molecule has 2 aromatic rings. The van der Waals surface area contributed by atoms with Crippen LogP contribution in [0.15, 0.2) is 29.6 Å². The van der Waals surface area contributed by atoms with Crippen LogP contribution in [0.3, 0.4) is 0 Å². The van der Waals surface area contributed by atoms with Crippen LogP contribution in [0.5, 0.6) is 5.75 Å². The first-order valence-electron chi connectivity index (χ1n) is 5.87. The Kier molecular flexibility index (Phi) is 4.50. The zero-order valence-electron chi connectivity index (χ0n) is 10.7. The molecule has 1 N–H and O–H groups in total. The average molecular weight is 283 g/mol. The van der Waals surface area contributed by atoms with E-state index in [4.69, 9.17) is 4.74 Å². The molecule has 0 aliphatic carbocycles. The highest BCUT2D eigenvalue weighted by atomic mass is 32.1. The van der Waals surface area contributed by atoms with Gasteiger partial charge in [-0.1, -0.05) is 0 Å². The van der Waals surface area contributed by atoms with E-state index in [2.05, 4.69) is 5.32 Å². The molecule has 0 saturated carbocycles. The molecule has 0 aliphatic heterocycles. The summed E-state index contributed by atoms with van der Waals surface area (Å²) >= 11 is 1.53. The Labute approximate surface area is 115 Å². The normalized spacial score (nSPS) is 12.4. The van der Waals surface area contributed by atoms with Crippen molar-refractivity contribution in [2.24, 2.45) is 0 Å². The summed E-state index contributed by atoms with van der Waals surface area (Å²) in [4.78, 5) is 1.03. The van der Waals surface area contributed by atoms with E-state index in [1.165, 1.54) is 17.4 Å². The molecule has 0 aliphatic rings. The SMILES string of the molecule is CNC(Cc1cc(F)ccc1F)c1cc(OC)cs1. The molecule has 5 heteroatoms. The average Bonchev–Trinajstić information content (AvgIpc) is 2.88. The number of nitrogens with one attached hydrogen (secondary N) is 1.